The lowest BCUT2D eigenvalue weighted by molar-refractivity contribution is -0.0670. The van der Waals surface area contributed by atoms with Crippen molar-refractivity contribution in [1.82, 2.24) is 14.2 Å². The van der Waals surface area contributed by atoms with E-state index in [9.17, 15) is 8.42 Å². The van der Waals surface area contributed by atoms with Gasteiger partial charge in [-0.3, -0.25) is 4.90 Å². The van der Waals surface area contributed by atoms with Gasteiger partial charge in [0, 0.05) is 38.4 Å². The zero-order chi connectivity index (χ0) is 19.1. The highest BCUT2D eigenvalue weighted by Crippen LogP contribution is 2.51. The summed E-state index contributed by atoms with van der Waals surface area (Å²) in [7, 11) is -2.12. The number of rotatable bonds is 4. The maximum absolute atomic E-state index is 13.1. The van der Waals surface area contributed by atoms with Crippen LogP contribution in [-0.2, 0) is 14.8 Å². The second-order valence-corrected chi connectivity index (χ2v) is 10.0. The quantitative estimate of drug-likeness (QED) is 0.772. The summed E-state index contributed by atoms with van der Waals surface area (Å²) in [5, 5.41) is 0. The number of aromatic nitrogens is 1. The molecule has 4 rings (SSSR count). The van der Waals surface area contributed by atoms with E-state index in [1.165, 1.54) is 20.0 Å². The maximum atomic E-state index is 13.1. The molecule has 3 heterocycles. The normalized spacial score (nSPS) is 24.7. The van der Waals surface area contributed by atoms with E-state index in [-0.39, 0.29) is 10.8 Å². The molecular formula is C19H29N3O4S. The lowest BCUT2D eigenvalue weighted by Gasteiger charge is -2.55. The van der Waals surface area contributed by atoms with Gasteiger partial charge in [0.1, 0.15) is 4.90 Å². The fourth-order valence-electron chi connectivity index (χ4n) is 4.76. The number of methoxy groups -OCH3 is 1. The van der Waals surface area contributed by atoms with Crippen LogP contribution in [0.5, 0.6) is 5.88 Å². The Hall–Kier alpha value is -1.22. The summed E-state index contributed by atoms with van der Waals surface area (Å²) in [5.41, 5.74) is 1.14. The molecule has 2 aliphatic heterocycles. The molecule has 1 aromatic rings. The van der Waals surface area contributed by atoms with Gasteiger partial charge in [0.25, 0.3) is 0 Å². The minimum atomic E-state index is -3.58. The van der Waals surface area contributed by atoms with E-state index < -0.39 is 10.0 Å². The summed E-state index contributed by atoms with van der Waals surface area (Å²) in [6, 6.07) is 2.31. The van der Waals surface area contributed by atoms with Crippen LogP contribution in [0.25, 0.3) is 0 Å². The molecule has 0 aromatic carbocycles. The van der Waals surface area contributed by atoms with Gasteiger partial charge in [-0.15, -0.1) is 0 Å². The fraction of sp³-hybridized carbons (Fsp3) is 0.737. The average Bonchev–Trinajstić information content (AvgIpc) is 2.67. The van der Waals surface area contributed by atoms with E-state index >= 15 is 0 Å². The van der Waals surface area contributed by atoms with Crippen molar-refractivity contribution in [3.63, 3.8) is 0 Å². The molecule has 1 saturated carbocycles. The molecule has 0 N–H and O–H groups in total. The van der Waals surface area contributed by atoms with Gasteiger partial charge in [0.05, 0.1) is 20.3 Å². The van der Waals surface area contributed by atoms with E-state index in [1.54, 1.807) is 16.6 Å². The number of ether oxygens (including phenoxy) is 2. The Morgan fingerprint density at radius 1 is 1.19 bits per heavy atom. The van der Waals surface area contributed by atoms with Crippen molar-refractivity contribution < 1.29 is 17.9 Å². The predicted octanol–water partition coefficient (Wildman–Crippen LogP) is 1.66. The Bertz CT molecular complexity index is 776. The van der Waals surface area contributed by atoms with Crippen molar-refractivity contribution in [3.05, 3.63) is 17.8 Å². The van der Waals surface area contributed by atoms with Gasteiger partial charge in [0.2, 0.25) is 15.9 Å². The zero-order valence-electron chi connectivity index (χ0n) is 16.2. The second kappa shape index (κ2) is 7.31. The zero-order valence-corrected chi connectivity index (χ0v) is 17.0. The molecule has 0 bridgehead atoms. The van der Waals surface area contributed by atoms with Gasteiger partial charge in [0.15, 0.2) is 0 Å². The molecular weight excluding hydrogens is 366 g/mol. The number of morpholine rings is 1. The lowest BCUT2D eigenvalue weighted by Crippen LogP contribution is -2.57. The number of hydrogen-bond donors (Lipinski definition) is 0. The minimum absolute atomic E-state index is 0.178. The summed E-state index contributed by atoms with van der Waals surface area (Å²) in [6.45, 7) is 6.73. The SMILES string of the molecule is COc1ncc(C)cc1S(=O)(=O)N1CCC2(CC1)CC(N1CCOCC1)C2. The van der Waals surface area contributed by atoms with Crippen molar-refractivity contribution >= 4 is 10.0 Å². The summed E-state index contributed by atoms with van der Waals surface area (Å²) in [4.78, 5) is 6.86. The van der Waals surface area contributed by atoms with E-state index in [4.69, 9.17) is 9.47 Å². The number of nitrogens with zero attached hydrogens (tertiary/aromatic N) is 3. The highest BCUT2D eigenvalue weighted by atomic mass is 32.2. The molecule has 0 radical (unpaired) electrons. The monoisotopic (exact) mass is 395 g/mol. The summed E-state index contributed by atoms with van der Waals surface area (Å²) in [6.07, 6.45) is 5.89. The number of aryl methyl sites for hydroxylation is 1. The molecule has 7 nitrogen and oxygen atoms in total. The highest BCUT2D eigenvalue weighted by Gasteiger charge is 2.49. The first-order valence-corrected chi connectivity index (χ1v) is 11.2. The molecule has 1 spiro atoms. The Morgan fingerprint density at radius 2 is 1.85 bits per heavy atom. The molecule has 2 saturated heterocycles. The third kappa shape index (κ3) is 3.60. The number of sulfonamides is 1. The molecule has 1 aliphatic carbocycles. The molecule has 0 unspecified atom stereocenters. The number of piperidine rings is 1. The van der Waals surface area contributed by atoms with Gasteiger partial charge in [-0.25, -0.2) is 13.4 Å². The Balaban J connectivity index is 1.40. The van der Waals surface area contributed by atoms with Gasteiger partial charge in [-0.2, -0.15) is 4.31 Å². The van der Waals surface area contributed by atoms with Gasteiger partial charge in [-0.05, 0) is 49.7 Å². The van der Waals surface area contributed by atoms with Crippen LogP contribution in [0.15, 0.2) is 17.2 Å². The largest absolute Gasteiger partial charge is 0.480 e. The smallest absolute Gasteiger partial charge is 0.248 e. The Labute approximate surface area is 161 Å². The predicted molar refractivity (Wildman–Crippen MR) is 101 cm³/mol. The number of hydrogen-bond acceptors (Lipinski definition) is 6. The van der Waals surface area contributed by atoms with Crippen molar-refractivity contribution in [2.75, 3.05) is 46.5 Å². The van der Waals surface area contributed by atoms with Crippen molar-refractivity contribution in [3.8, 4) is 5.88 Å². The molecule has 8 heteroatoms. The third-order valence-corrected chi connectivity index (χ3v) is 8.34. The van der Waals surface area contributed by atoms with Crippen LogP contribution in [0.3, 0.4) is 0 Å². The van der Waals surface area contributed by atoms with Crippen molar-refractivity contribution in [1.29, 1.82) is 0 Å². The van der Waals surface area contributed by atoms with Gasteiger partial charge < -0.3 is 9.47 Å². The van der Waals surface area contributed by atoms with Gasteiger partial charge in [-0.1, -0.05) is 0 Å². The van der Waals surface area contributed by atoms with Crippen molar-refractivity contribution in [2.45, 2.75) is 43.5 Å². The van der Waals surface area contributed by atoms with Gasteiger partial charge >= 0.3 is 0 Å². The van der Waals surface area contributed by atoms with Crippen LogP contribution in [0, 0.1) is 12.3 Å². The van der Waals surface area contributed by atoms with Crippen LogP contribution >= 0.6 is 0 Å². The molecule has 1 aromatic heterocycles. The molecule has 3 aliphatic rings. The van der Waals surface area contributed by atoms with Crippen LogP contribution < -0.4 is 4.74 Å². The maximum Gasteiger partial charge on any atom is 0.248 e. The summed E-state index contributed by atoms with van der Waals surface area (Å²) in [5.74, 6) is 0.178. The van der Waals surface area contributed by atoms with E-state index in [0.717, 1.165) is 44.7 Å². The van der Waals surface area contributed by atoms with Crippen LogP contribution in [0.4, 0.5) is 0 Å². The van der Waals surface area contributed by atoms with Crippen LogP contribution in [0.2, 0.25) is 0 Å². The Kier molecular flexibility index (Phi) is 5.18. The van der Waals surface area contributed by atoms with Crippen LogP contribution in [-0.4, -0.2) is 75.2 Å². The van der Waals surface area contributed by atoms with E-state index in [1.807, 2.05) is 6.92 Å². The van der Waals surface area contributed by atoms with E-state index in [2.05, 4.69) is 9.88 Å². The highest BCUT2D eigenvalue weighted by molar-refractivity contribution is 7.89. The average molecular weight is 396 g/mol. The molecule has 0 atom stereocenters. The standard InChI is InChI=1S/C19H29N3O4S/c1-15-11-17(18(25-2)20-14-15)27(23,24)22-5-3-19(4-6-22)12-16(13-19)21-7-9-26-10-8-21/h11,14,16H,3-10,12-13H2,1-2H3. The molecule has 3 fully saturated rings. The van der Waals surface area contributed by atoms with Crippen molar-refractivity contribution in [2.24, 2.45) is 5.41 Å². The third-order valence-electron chi connectivity index (χ3n) is 6.45. The van der Waals surface area contributed by atoms with Crippen LogP contribution in [0.1, 0.15) is 31.2 Å². The molecule has 0 amide bonds. The lowest BCUT2D eigenvalue weighted by atomic mass is 9.60. The Morgan fingerprint density at radius 3 is 2.48 bits per heavy atom. The molecule has 27 heavy (non-hydrogen) atoms. The minimum Gasteiger partial charge on any atom is -0.480 e. The fourth-order valence-corrected chi connectivity index (χ4v) is 6.39. The summed E-state index contributed by atoms with van der Waals surface area (Å²) < 4.78 is 38.5. The first-order chi connectivity index (χ1) is 12.9. The van der Waals surface area contributed by atoms with E-state index in [0.29, 0.717) is 24.5 Å². The first-order valence-electron chi connectivity index (χ1n) is 9.76. The molecule has 150 valence electrons. The first kappa shape index (κ1) is 19.1. The second-order valence-electron chi connectivity index (χ2n) is 8.13. The summed E-state index contributed by atoms with van der Waals surface area (Å²) >= 11 is 0. The number of pyridine rings is 1. The topological polar surface area (TPSA) is 72.0 Å².